The Kier molecular flexibility index (Phi) is 7.59. The molecule has 6 atom stereocenters. The fourth-order valence-corrected chi connectivity index (χ4v) is 6.42. The molecule has 166 valence electrons. The van der Waals surface area contributed by atoms with E-state index < -0.39 is 0 Å². The number of rotatable bonds is 2. The molecule has 2 bridgehead atoms. The van der Waals surface area contributed by atoms with E-state index in [-0.39, 0.29) is 22.5 Å². The molecule has 0 amide bonds. The third-order valence-corrected chi connectivity index (χ3v) is 8.06. The van der Waals surface area contributed by atoms with Crippen LogP contribution in [-0.2, 0) is 9.53 Å². The summed E-state index contributed by atoms with van der Waals surface area (Å²) < 4.78 is 6.40. The van der Waals surface area contributed by atoms with E-state index in [4.69, 9.17) is 4.74 Å². The maximum absolute atomic E-state index is 11.9. The molecule has 0 aromatic heterocycles. The van der Waals surface area contributed by atoms with Crippen LogP contribution in [0.25, 0.3) is 0 Å². The maximum Gasteiger partial charge on any atom is 0.155 e. The second-order valence-corrected chi connectivity index (χ2v) is 10.4. The SMILES string of the molecule is CC.CC(OC(C)(C)C)C1(C)CC=C2C(CC3CC24CCC(=O)C=C34)C1C.CS. The van der Waals surface area contributed by atoms with Crippen LogP contribution in [0, 0.1) is 28.6 Å². The Hall–Kier alpha value is -0.540. The minimum Gasteiger partial charge on any atom is -0.372 e. The van der Waals surface area contributed by atoms with Crippen LogP contribution in [0.3, 0.4) is 0 Å². The van der Waals surface area contributed by atoms with E-state index in [0.29, 0.717) is 23.5 Å². The van der Waals surface area contributed by atoms with Crippen molar-refractivity contribution in [2.45, 2.75) is 99.2 Å². The zero-order valence-electron chi connectivity index (χ0n) is 20.3. The summed E-state index contributed by atoms with van der Waals surface area (Å²) >= 11 is 3.53. The first kappa shape index (κ1) is 24.7. The smallest absolute Gasteiger partial charge is 0.155 e. The summed E-state index contributed by atoms with van der Waals surface area (Å²) in [4.78, 5) is 11.9. The fraction of sp³-hybridized carbons (Fsp3) is 0.808. The lowest BCUT2D eigenvalue weighted by Gasteiger charge is -2.65. The topological polar surface area (TPSA) is 26.3 Å². The molecular weight excluding hydrogens is 376 g/mol. The van der Waals surface area contributed by atoms with Gasteiger partial charge in [-0.1, -0.05) is 44.9 Å². The molecule has 3 heteroatoms. The summed E-state index contributed by atoms with van der Waals surface area (Å²) in [7, 11) is 0. The highest BCUT2D eigenvalue weighted by Crippen LogP contribution is 2.70. The van der Waals surface area contributed by atoms with Gasteiger partial charge in [-0.2, -0.15) is 12.6 Å². The quantitative estimate of drug-likeness (QED) is 0.382. The molecule has 0 N–H and O–H groups in total. The van der Waals surface area contributed by atoms with Crippen LogP contribution < -0.4 is 0 Å². The summed E-state index contributed by atoms with van der Waals surface area (Å²) in [6, 6.07) is 0. The molecule has 0 radical (unpaired) electrons. The fourth-order valence-electron chi connectivity index (χ4n) is 6.42. The first-order valence-electron chi connectivity index (χ1n) is 11.6. The monoisotopic (exact) mass is 420 g/mol. The van der Waals surface area contributed by atoms with Crippen molar-refractivity contribution in [3.63, 3.8) is 0 Å². The normalized spacial score (nSPS) is 38.4. The third-order valence-electron chi connectivity index (χ3n) is 8.06. The number of allylic oxidation sites excluding steroid dienone is 4. The zero-order chi connectivity index (χ0) is 22.2. The highest BCUT2D eigenvalue weighted by atomic mass is 32.1. The molecule has 2 nitrogen and oxygen atoms in total. The van der Waals surface area contributed by atoms with Crippen molar-refractivity contribution < 1.29 is 9.53 Å². The molecule has 0 aliphatic heterocycles. The van der Waals surface area contributed by atoms with Gasteiger partial charge in [0.25, 0.3) is 0 Å². The van der Waals surface area contributed by atoms with Gasteiger partial charge in [0.05, 0.1) is 11.7 Å². The van der Waals surface area contributed by atoms with Gasteiger partial charge >= 0.3 is 0 Å². The van der Waals surface area contributed by atoms with Crippen LogP contribution in [0.1, 0.15) is 87.5 Å². The Balaban J connectivity index is 0.000000707. The number of hydrogen-bond acceptors (Lipinski definition) is 3. The molecule has 5 rings (SSSR count). The minimum absolute atomic E-state index is 0.0980. The Morgan fingerprint density at radius 1 is 1.21 bits per heavy atom. The van der Waals surface area contributed by atoms with Gasteiger partial charge in [-0.3, -0.25) is 4.79 Å². The number of ketones is 1. The van der Waals surface area contributed by atoms with E-state index in [1.165, 1.54) is 18.4 Å². The van der Waals surface area contributed by atoms with Gasteiger partial charge < -0.3 is 4.74 Å². The number of carbonyl (C=O) groups is 1. The largest absolute Gasteiger partial charge is 0.372 e. The van der Waals surface area contributed by atoms with Gasteiger partial charge in [-0.15, -0.1) is 0 Å². The van der Waals surface area contributed by atoms with Crippen molar-refractivity contribution in [1.29, 1.82) is 0 Å². The molecule has 3 saturated carbocycles. The summed E-state index contributed by atoms with van der Waals surface area (Å²) in [6.45, 7) is 17.6. The average Bonchev–Trinajstić information content (AvgIpc) is 2.68. The molecule has 0 saturated heterocycles. The third kappa shape index (κ3) is 4.15. The van der Waals surface area contributed by atoms with Crippen molar-refractivity contribution in [3.05, 3.63) is 23.3 Å². The highest BCUT2D eigenvalue weighted by molar-refractivity contribution is 7.79. The van der Waals surface area contributed by atoms with Crippen LogP contribution in [0.15, 0.2) is 23.3 Å². The number of hydrogen-bond donors (Lipinski definition) is 1. The van der Waals surface area contributed by atoms with Crippen molar-refractivity contribution in [3.8, 4) is 0 Å². The summed E-state index contributed by atoms with van der Waals surface area (Å²) in [6.07, 6.45) is 12.0. The van der Waals surface area contributed by atoms with E-state index in [1.54, 1.807) is 11.8 Å². The second kappa shape index (κ2) is 8.91. The molecule has 1 spiro atoms. The van der Waals surface area contributed by atoms with Crippen LogP contribution >= 0.6 is 12.6 Å². The summed E-state index contributed by atoms with van der Waals surface area (Å²) in [5.74, 6) is 2.32. The molecule has 3 fully saturated rings. The van der Waals surface area contributed by atoms with Crippen LogP contribution in [0.2, 0.25) is 0 Å². The standard InChI is InChI=1S/C23H34O2.C2H6.CH4S/c1-14-18-11-16-13-23(10-7-17(24)12-20(16)23)19(18)8-9-22(14,6)15(2)25-21(3,4)5;2*1-2/h8,12,14-16,18H,7,9-11,13H2,1-6H3;1-2H3;2H,1H3. The van der Waals surface area contributed by atoms with Crippen molar-refractivity contribution in [2.75, 3.05) is 6.26 Å². The lowest BCUT2D eigenvalue weighted by atomic mass is 9.39. The summed E-state index contributed by atoms with van der Waals surface area (Å²) in [5, 5.41) is 0. The summed E-state index contributed by atoms with van der Waals surface area (Å²) in [5.41, 5.74) is 3.53. The molecule has 5 aliphatic carbocycles. The van der Waals surface area contributed by atoms with Crippen LogP contribution in [0.5, 0.6) is 0 Å². The van der Waals surface area contributed by atoms with Crippen LogP contribution in [0.4, 0.5) is 0 Å². The Morgan fingerprint density at radius 3 is 2.41 bits per heavy atom. The molecule has 5 aliphatic rings. The molecular formula is C26H44O2S. The first-order valence-corrected chi connectivity index (χ1v) is 12.5. The Labute approximate surface area is 185 Å². The van der Waals surface area contributed by atoms with E-state index in [2.05, 4.69) is 60.2 Å². The molecule has 0 heterocycles. The lowest BCUT2D eigenvalue weighted by molar-refractivity contribution is -0.133. The number of thiol groups is 1. The average molecular weight is 421 g/mol. The van der Waals surface area contributed by atoms with E-state index in [1.807, 2.05) is 19.9 Å². The highest BCUT2D eigenvalue weighted by Gasteiger charge is 2.61. The maximum atomic E-state index is 11.9. The van der Waals surface area contributed by atoms with Gasteiger partial charge in [0.2, 0.25) is 0 Å². The van der Waals surface area contributed by atoms with Gasteiger partial charge in [0, 0.05) is 17.3 Å². The van der Waals surface area contributed by atoms with E-state index >= 15 is 0 Å². The van der Waals surface area contributed by atoms with Crippen LogP contribution in [-0.4, -0.2) is 23.7 Å². The van der Waals surface area contributed by atoms with Gasteiger partial charge in [0.15, 0.2) is 5.78 Å². The first-order chi connectivity index (χ1) is 13.6. The minimum atomic E-state index is -0.0980. The zero-order valence-corrected chi connectivity index (χ0v) is 21.2. The predicted molar refractivity (Wildman–Crippen MR) is 128 cm³/mol. The molecule has 6 unspecified atom stereocenters. The van der Waals surface area contributed by atoms with Gasteiger partial charge in [0.1, 0.15) is 0 Å². The number of carbonyl (C=O) groups excluding carboxylic acids is 1. The van der Waals surface area contributed by atoms with Crippen molar-refractivity contribution >= 4 is 18.4 Å². The Morgan fingerprint density at radius 2 is 1.83 bits per heavy atom. The second-order valence-electron chi connectivity index (χ2n) is 10.4. The molecule has 0 aromatic rings. The molecule has 0 aromatic carbocycles. The van der Waals surface area contributed by atoms with Crippen molar-refractivity contribution in [2.24, 2.45) is 28.6 Å². The lowest BCUT2D eigenvalue weighted by Crippen LogP contribution is -2.56. The van der Waals surface area contributed by atoms with Gasteiger partial charge in [-0.05, 0) is 83.5 Å². The van der Waals surface area contributed by atoms with E-state index in [0.717, 1.165) is 19.3 Å². The molecule has 29 heavy (non-hydrogen) atoms. The van der Waals surface area contributed by atoms with Crippen molar-refractivity contribution in [1.82, 2.24) is 0 Å². The Bertz CT molecular complexity index is 671. The predicted octanol–water partition coefficient (Wildman–Crippen LogP) is 7.05. The number of ether oxygens (including phenoxy) is 1. The van der Waals surface area contributed by atoms with Gasteiger partial charge in [-0.25, -0.2) is 0 Å². The van der Waals surface area contributed by atoms with E-state index in [9.17, 15) is 4.79 Å².